The highest BCUT2D eigenvalue weighted by molar-refractivity contribution is 5.69. The van der Waals surface area contributed by atoms with Gasteiger partial charge in [0.1, 0.15) is 5.75 Å². The van der Waals surface area contributed by atoms with E-state index in [0.717, 1.165) is 23.9 Å². The van der Waals surface area contributed by atoms with E-state index in [-0.39, 0.29) is 0 Å². The summed E-state index contributed by atoms with van der Waals surface area (Å²) in [6, 6.07) is 2.69. The maximum Gasteiger partial charge on any atom is 0.140 e. The lowest BCUT2D eigenvalue weighted by molar-refractivity contribution is 0.409. The fraction of sp³-hybridized carbons (Fsp3) is 0.500. The normalized spacial score (nSPS) is 26.8. The van der Waals surface area contributed by atoms with Gasteiger partial charge in [-0.15, -0.1) is 0 Å². The third kappa shape index (κ3) is 1.84. The van der Waals surface area contributed by atoms with E-state index in [1.54, 1.807) is 7.11 Å². The van der Waals surface area contributed by atoms with E-state index in [1.165, 1.54) is 24.0 Å². The van der Waals surface area contributed by atoms with E-state index < -0.39 is 0 Å². The lowest BCUT2D eigenvalue weighted by Gasteiger charge is -2.09. The topological polar surface area (TPSA) is 34.1 Å². The Morgan fingerprint density at radius 3 is 3.12 bits per heavy atom. The maximum absolute atomic E-state index is 5.33. The minimum Gasteiger partial charge on any atom is -0.495 e. The molecule has 2 unspecified atom stereocenters. The van der Waals surface area contributed by atoms with Crippen molar-refractivity contribution in [1.82, 2.24) is 10.3 Å². The van der Waals surface area contributed by atoms with Gasteiger partial charge in [0.25, 0.3) is 0 Å². The second-order valence-corrected chi connectivity index (χ2v) is 4.94. The number of hydrogen-bond donors (Lipinski definition) is 1. The number of aryl methyl sites for hydroxylation is 1. The maximum atomic E-state index is 5.33. The number of pyridine rings is 1. The van der Waals surface area contributed by atoms with Gasteiger partial charge in [0, 0.05) is 12.2 Å². The minimum absolute atomic E-state index is 0.581. The molecule has 90 valence electrons. The van der Waals surface area contributed by atoms with E-state index in [2.05, 4.69) is 22.4 Å². The van der Waals surface area contributed by atoms with Crippen LogP contribution in [0.2, 0.25) is 0 Å². The summed E-state index contributed by atoms with van der Waals surface area (Å²) >= 11 is 0. The van der Waals surface area contributed by atoms with Crippen LogP contribution in [0.5, 0.6) is 5.75 Å². The van der Waals surface area contributed by atoms with Crippen molar-refractivity contribution in [2.24, 2.45) is 5.92 Å². The molecule has 0 amide bonds. The molecule has 2 aliphatic rings. The first-order chi connectivity index (χ1) is 8.28. The van der Waals surface area contributed by atoms with Crippen molar-refractivity contribution in [3.63, 3.8) is 0 Å². The third-order valence-electron chi connectivity index (χ3n) is 3.90. The average Bonchev–Trinajstić information content (AvgIpc) is 2.90. The lowest BCUT2D eigenvalue weighted by atomic mass is 9.99. The van der Waals surface area contributed by atoms with Crippen molar-refractivity contribution in [2.45, 2.75) is 25.8 Å². The SMILES string of the molecule is COc1cc(C2=CC3NCCC3C2)cnc1C. The number of nitrogens with zero attached hydrogens (tertiary/aromatic N) is 1. The van der Waals surface area contributed by atoms with Crippen LogP contribution in [0, 0.1) is 12.8 Å². The van der Waals surface area contributed by atoms with Gasteiger partial charge in [-0.3, -0.25) is 4.98 Å². The number of hydrogen-bond acceptors (Lipinski definition) is 3. The Bertz CT molecular complexity index is 467. The monoisotopic (exact) mass is 230 g/mol. The van der Waals surface area contributed by atoms with Crippen molar-refractivity contribution < 1.29 is 4.74 Å². The van der Waals surface area contributed by atoms with Crippen LogP contribution in [-0.2, 0) is 0 Å². The molecular weight excluding hydrogens is 212 g/mol. The number of allylic oxidation sites excluding steroid dienone is 1. The Balaban J connectivity index is 1.90. The molecule has 1 aliphatic heterocycles. The molecule has 1 aromatic rings. The lowest BCUT2D eigenvalue weighted by Crippen LogP contribution is -2.20. The van der Waals surface area contributed by atoms with Crippen molar-refractivity contribution in [2.75, 3.05) is 13.7 Å². The summed E-state index contributed by atoms with van der Waals surface area (Å²) in [5.74, 6) is 1.67. The molecule has 3 rings (SSSR count). The zero-order valence-corrected chi connectivity index (χ0v) is 10.4. The summed E-state index contributed by atoms with van der Waals surface area (Å²) in [5, 5.41) is 3.53. The first-order valence-electron chi connectivity index (χ1n) is 6.23. The number of ether oxygens (including phenoxy) is 1. The number of fused-ring (bicyclic) bond motifs is 1. The largest absolute Gasteiger partial charge is 0.495 e. The van der Waals surface area contributed by atoms with Crippen LogP contribution in [0.15, 0.2) is 18.3 Å². The third-order valence-corrected chi connectivity index (χ3v) is 3.90. The van der Waals surface area contributed by atoms with Gasteiger partial charge in [0.15, 0.2) is 0 Å². The Morgan fingerprint density at radius 1 is 1.47 bits per heavy atom. The van der Waals surface area contributed by atoms with Gasteiger partial charge in [-0.05, 0) is 49.4 Å². The van der Waals surface area contributed by atoms with Crippen LogP contribution in [0.4, 0.5) is 0 Å². The molecule has 0 spiro atoms. The van der Waals surface area contributed by atoms with Gasteiger partial charge in [0.05, 0.1) is 12.8 Å². The van der Waals surface area contributed by atoms with E-state index in [0.29, 0.717) is 6.04 Å². The predicted octanol–water partition coefficient (Wildman–Crippen LogP) is 2.16. The second kappa shape index (κ2) is 4.15. The molecule has 2 heterocycles. The van der Waals surface area contributed by atoms with Gasteiger partial charge in [-0.2, -0.15) is 0 Å². The summed E-state index contributed by atoms with van der Waals surface area (Å²) in [5.41, 5.74) is 3.58. The predicted molar refractivity (Wildman–Crippen MR) is 68.0 cm³/mol. The smallest absolute Gasteiger partial charge is 0.140 e. The van der Waals surface area contributed by atoms with Crippen LogP contribution in [0.1, 0.15) is 24.1 Å². The molecule has 1 aliphatic carbocycles. The van der Waals surface area contributed by atoms with E-state index in [9.17, 15) is 0 Å². The molecule has 2 atom stereocenters. The highest BCUT2D eigenvalue weighted by atomic mass is 16.5. The number of methoxy groups -OCH3 is 1. The van der Waals surface area contributed by atoms with Gasteiger partial charge >= 0.3 is 0 Å². The highest BCUT2D eigenvalue weighted by Crippen LogP contribution is 2.37. The van der Waals surface area contributed by atoms with E-state index in [1.807, 2.05) is 13.1 Å². The first-order valence-corrected chi connectivity index (χ1v) is 6.23. The Morgan fingerprint density at radius 2 is 2.35 bits per heavy atom. The number of nitrogens with one attached hydrogen (secondary N) is 1. The summed E-state index contributed by atoms with van der Waals surface area (Å²) in [6.07, 6.45) is 6.79. The molecule has 3 heteroatoms. The van der Waals surface area contributed by atoms with Gasteiger partial charge in [0.2, 0.25) is 0 Å². The van der Waals surface area contributed by atoms with E-state index in [4.69, 9.17) is 4.74 Å². The zero-order chi connectivity index (χ0) is 11.8. The van der Waals surface area contributed by atoms with Crippen molar-refractivity contribution in [3.8, 4) is 5.75 Å². The minimum atomic E-state index is 0.581. The number of aromatic nitrogens is 1. The summed E-state index contributed by atoms with van der Waals surface area (Å²) < 4.78 is 5.33. The zero-order valence-electron chi connectivity index (χ0n) is 10.4. The quantitative estimate of drug-likeness (QED) is 0.845. The molecular formula is C14H18N2O. The molecule has 1 saturated heterocycles. The molecule has 1 aromatic heterocycles. The molecule has 1 fully saturated rings. The second-order valence-electron chi connectivity index (χ2n) is 4.94. The molecule has 3 nitrogen and oxygen atoms in total. The van der Waals surface area contributed by atoms with Crippen molar-refractivity contribution in [3.05, 3.63) is 29.6 Å². The van der Waals surface area contributed by atoms with Crippen LogP contribution in [0.3, 0.4) is 0 Å². The molecule has 0 radical (unpaired) electrons. The molecule has 0 aromatic carbocycles. The molecule has 1 N–H and O–H groups in total. The summed E-state index contributed by atoms with van der Waals surface area (Å²) in [6.45, 7) is 3.14. The van der Waals surface area contributed by atoms with Gasteiger partial charge in [-0.25, -0.2) is 0 Å². The Labute approximate surface area is 102 Å². The number of rotatable bonds is 2. The standard InChI is InChI=1S/C14H18N2O/c1-9-14(17-2)7-12(8-16-9)11-5-10-3-4-15-13(10)6-11/h6-8,10,13,15H,3-5H2,1-2H3. The first kappa shape index (κ1) is 10.8. The average molecular weight is 230 g/mol. The fourth-order valence-electron chi connectivity index (χ4n) is 2.88. The molecule has 17 heavy (non-hydrogen) atoms. The van der Waals surface area contributed by atoms with Gasteiger partial charge in [-0.1, -0.05) is 6.08 Å². The van der Waals surface area contributed by atoms with Crippen molar-refractivity contribution in [1.29, 1.82) is 0 Å². The van der Waals surface area contributed by atoms with E-state index >= 15 is 0 Å². The summed E-state index contributed by atoms with van der Waals surface area (Å²) in [7, 11) is 1.70. The van der Waals surface area contributed by atoms with Crippen LogP contribution in [0.25, 0.3) is 5.57 Å². The summed E-state index contributed by atoms with van der Waals surface area (Å²) in [4.78, 5) is 4.40. The van der Waals surface area contributed by atoms with Crippen LogP contribution < -0.4 is 10.1 Å². The molecule has 0 bridgehead atoms. The fourth-order valence-corrected chi connectivity index (χ4v) is 2.88. The van der Waals surface area contributed by atoms with Crippen molar-refractivity contribution >= 4 is 5.57 Å². The van der Waals surface area contributed by atoms with Crippen LogP contribution >= 0.6 is 0 Å². The molecule has 0 saturated carbocycles. The Kier molecular flexibility index (Phi) is 2.63. The Hall–Kier alpha value is -1.35. The highest BCUT2D eigenvalue weighted by Gasteiger charge is 2.31. The van der Waals surface area contributed by atoms with Gasteiger partial charge < -0.3 is 10.1 Å². The van der Waals surface area contributed by atoms with Crippen LogP contribution in [-0.4, -0.2) is 24.7 Å².